The van der Waals surface area contributed by atoms with Crippen molar-refractivity contribution in [2.24, 2.45) is 17.8 Å². The number of aromatic nitrogens is 2. The zero-order valence-electron chi connectivity index (χ0n) is 18.6. The molecule has 1 aliphatic heterocycles. The Balaban J connectivity index is 1.24. The molecule has 7 heteroatoms. The van der Waals surface area contributed by atoms with Gasteiger partial charge in [-0.15, -0.1) is 0 Å². The Kier molecular flexibility index (Phi) is 6.78. The third-order valence-corrected chi connectivity index (χ3v) is 7.14. The van der Waals surface area contributed by atoms with Crippen molar-refractivity contribution in [3.63, 3.8) is 0 Å². The van der Waals surface area contributed by atoms with Crippen molar-refractivity contribution in [1.82, 2.24) is 20.4 Å². The first-order valence-electron chi connectivity index (χ1n) is 11.7. The number of carbonyl (C=O) groups excluding carboxylic acids is 2. The highest BCUT2D eigenvalue weighted by Gasteiger charge is 2.32. The minimum atomic E-state index is -0.219. The lowest BCUT2D eigenvalue weighted by molar-refractivity contribution is -0.138. The van der Waals surface area contributed by atoms with E-state index in [1.165, 1.54) is 12.8 Å². The number of rotatable bonds is 6. The van der Waals surface area contributed by atoms with Crippen LogP contribution in [0.3, 0.4) is 0 Å². The standard InChI is InChI=1S/C24H34N4O3/c1-16(2)17-5-7-19(8-6-17)24(30)28-11-9-18(10-12-28)21-14-22(27-26-21)23(29)25-15-20-4-3-13-31-20/h3-4,13-14,16-19H,5-12,15H2,1-2H3,(H,25,29)(H,26,27). The van der Waals surface area contributed by atoms with E-state index in [9.17, 15) is 9.59 Å². The van der Waals surface area contributed by atoms with Gasteiger partial charge in [-0.25, -0.2) is 0 Å². The molecule has 0 aromatic carbocycles. The van der Waals surface area contributed by atoms with Crippen molar-refractivity contribution in [3.8, 4) is 0 Å². The van der Waals surface area contributed by atoms with Crippen molar-refractivity contribution >= 4 is 11.8 Å². The largest absolute Gasteiger partial charge is 0.467 e. The molecule has 3 heterocycles. The van der Waals surface area contributed by atoms with E-state index in [0.29, 0.717) is 29.8 Å². The second kappa shape index (κ2) is 9.71. The fourth-order valence-corrected chi connectivity index (χ4v) is 5.04. The van der Waals surface area contributed by atoms with E-state index in [1.54, 1.807) is 12.3 Å². The summed E-state index contributed by atoms with van der Waals surface area (Å²) < 4.78 is 5.23. The first kappa shape index (κ1) is 21.7. The summed E-state index contributed by atoms with van der Waals surface area (Å²) in [6.07, 6.45) is 7.84. The van der Waals surface area contributed by atoms with Crippen LogP contribution in [0.1, 0.15) is 80.2 Å². The molecule has 2 aliphatic rings. The van der Waals surface area contributed by atoms with Crippen LogP contribution in [0.2, 0.25) is 0 Å². The zero-order valence-corrected chi connectivity index (χ0v) is 18.6. The summed E-state index contributed by atoms with van der Waals surface area (Å²) in [6, 6.07) is 5.45. The summed E-state index contributed by atoms with van der Waals surface area (Å²) in [7, 11) is 0. The van der Waals surface area contributed by atoms with Gasteiger partial charge in [-0.1, -0.05) is 13.8 Å². The smallest absolute Gasteiger partial charge is 0.272 e. The summed E-state index contributed by atoms with van der Waals surface area (Å²) in [5.41, 5.74) is 1.37. The van der Waals surface area contributed by atoms with Crippen molar-refractivity contribution in [2.45, 2.75) is 64.8 Å². The Morgan fingerprint density at radius 2 is 1.94 bits per heavy atom. The molecule has 2 amide bonds. The van der Waals surface area contributed by atoms with Crippen LogP contribution < -0.4 is 5.32 Å². The average Bonchev–Trinajstić information content (AvgIpc) is 3.49. The molecule has 4 rings (SSSR count). The Morgan fingerprint density at radius 1 is 1.19 bits per heavy atom. The lowest BCUT2D eigenvalue weighted by atomic mass is 9.76. The number of nitrogens with one attached hydrogen (secondary N) is 2. The lowest BCUT2D eigenvalue weighted by Gasteiger charge is -2.36. The highest BCUT2D eigenvalue weighted by molar-refractivity contribution is 5.92. The Morgan fingerprint density at radius 3 is 2.58 bits per heavy atom. The highest BCUT2D eigenvalue weighted by atomic mass is 16.3. The van der Waals surface area contributed by atoms with Gasteiger partial charge in [0.1, 0.15) is 11.5 Å². The van der Waals surface area contributed by atoms with Gasteiger partial charge in [0.2, 0.25) is 5.91 Å². The maximum absolute atomic E-state index is 13.0. The quantitative estimate of drug-likeness (QED) is 0.727. The third kappa shape index (κ3) is 5.20. The Hall–Kier alpha value is -2.57. The molecule has 1 aliphatic carbocycles. The van der Waals surface area contributed by atoms with Crippen molar-refractivity contribution in [1.29, 1.82) is 0 Å². The molecule has 0 radical (unpaired) electrons. The molecule has 2 aromatic heterocycles. The Bertz CT molecular complexity index is 857. The molecule has 31 heavy (non-hydrogen) atoms. The molecular formula is C24H34N4O3. The molecule has 7 nitrogen and oxygen atoms in total. The minimum Gasteiger partial charge on any atom is -0.467 e. The molecule has 1 saturated carbocycles. The SMILES string of the molecule is CC(C)C1CCC(C(=O)N2CCC(c3cc(C(=O)NCc4ccco4)n[nH]3)CC2)CC1. The second-order valence-corrected chi connectivity index (χ2v) is 9.43. The highest BCUT2D eigenvalue weighted by Crippen LogP contribution is 2.35. The van der Waals surface area contributed by atoms with Crippen LogP contribution in [0.25, 0.3) is 0 Å². The molecular weight excluding hydrogens is 392 g/mol. The number of aromatic amines is 1. The van der Waals surface area contributed by atoms with E-state index >= 15 is 0 Å². The number of hydrogen-bond donors (Lipinski definition) is 2. The molecule has 2 N–H and O–H groups in total. The van der Waals surface area contributed by atoms with Gasteiger partial charge in [0.25, 0.3) is 5.91 Å². The van der Waals surface area contributed by atoms with Crippen LogP contribution in [0.15, 0.2) is 28.9 Å². The molecule has 168 valence electrons. The summed E-state index contributed by atoms with van der Waals surface area (Å²) in [6.45, 7) is 6.50. The van der Waals surface area contributed by atoms with E-state index in [0.717, 1.165) is 56.3 Å². The number of furan rings is 1. The van der Waals surface area contributed by atoms with Gasteiger partial charge < -0.3 is 14.6 Å². The second-order valence-electron chi connectivity index (χ2n) is 9.43. The van der Waals surface area contributed by atoms with Gasteiger partial charge in [0.05, 0.1) is 12.8 Å². The Labute approximate surface area is 184 Å². The molecule has 0 atom stereocenters. The van der Waals surface area contributed by atoms with Gasteiger partial charge in [0, 0.05) is 30.6 Å². The number of likely N-dealkylation sites (tertiary alicyclic amines) is 1. The number of hydrogen-bond acceptors (Lipinski definition) is 4. The normalized spacial score (nSPS) is 22.6. The molecule has 2 aromatic rings. The number of amides is 2. The maximum Gasteiger partial charge on any atom is 0.272 e. The van der Waals surface area contributed by atoms with Gasteiger partial charge in [-0.2, -0.15) is 5.10 Å². The van der Waals surface area contributed by atoms with E-state index in [4.69, 9.17) is 4.42 Å². The van der Waals surface area contributed by atoms with Crippen molar-refractivity contribution in [2.75, 3.05) is 13.1 Å². The van der Waals surface area contributed by atoms with Gasteiger partial charge in [0.15, 0.2) is 0 Å². The van der Waals surface area contributed by atoms with Gasteiger partial charge >= 0.3 is 0 Å². The topological polar surface area (TPSA) is 91.2 Å². The first-order valence-corrected chi connectivity index (χ1v) is 11.7. The van der Waals surface area contributed by atoms with E-state index in [2.05, 4.69) is 34.3 Å². The summed E-state index contributed by atoms with van der Waals surface area (Å²) in [5.74, 6) is 2.85. The molecule has 0 spiro atoms. The molecule has 2 fully saturated rings. The monoisotopic (exact) mass is 426 g/mol. The van der Waals surface area contributed by atoms with Crippen LogP contribution >= 0.6 is 0 Å². The number of nitrogens with zero attached hydrogens (tertiary/aromatic N) is 2. The first-order chi connectivity index (χ1) is 15.0. The van der Waals surface area contributed by atoms with E-state index in [-0.39, 0.29) is 11.8 Å². The van der Waals surface area contributed by atoms with E-state index in [1.807, 2.05) is 12.1 Å². The van der Waals surface area contributed by atoms with Crippen molar-refractivity contribution < 1.29 is 14.0 Å². The molecule has 0 unspecified atom stereocenters. The van der Waals surface area contributed by atoms with Crippen LogP contribution in [0.4, 0.5) is 0 Å². The van der Waals surface area contributed by atoms with Crippen LogP contribution in [-0.4, -0.2) is 40.0 Å². The van der Waals surface area contributed by atoms with Crippen LogP contribution in [-0.2, 0) is 11.3 Å². The van der Waals surface area contributed by atoms with Crippen molar-refractivity contribution in [3.05, 3.63) is 41.6 Å². The number of piperidine rings is 1. The summed E-state index contributed by atoms with van der Waals surface area (Å²) in [5, 5.41) is 10.0. The zero-order chi connectivity index (χ0) is 21.8. The van der Waals surface area contributed by atoms with Crippen LogP contribution in [0.5, 0.6) is 0 Å². The van der Waals surface area contributed by atoms with Gasteiger partial charge in [-0.3, -0.25) is 14.7 Å². The maximum atomic E-state index is 13.0. The average molecular weight is 427 g/mol. The number of H-pyrrole nitrogens is 1. The third-order valence-electron chi connectivity index (χ3n) is 7.14. The fraction of sp³-hybridized carbons (Fsp3) is 0.625. The predicted octanol–water partition coefficient (Wildman–Crippen LogP) is 4.10. The molecule has 0 bridgehead atoms. The number of carbonyl (C=O) groups is 2. The fourth-order valence-electron chi connectivity index (χ4n) is 5.04. The van der Waals surface area contributed by atoms with E-state index < -0.39 is 0 Å². The summed E-state index contributed by atoms with van der Waals surface area (Å²) >= 11 is 0. The summed E-state index contributed by atoms with van der Waals surface area (Å²) in [4.78, 5) is 27.4. The van der Waals surface area contributed by atoms with Gasteiger partial charge in [-0.05, 0) is 68.6 Å². The lowest BCUT2D eigenvalue weighted by Crippen LogP contribution is -2.42. The minimum absolute atomic E-state index is 0.211. The molecule has 1 saturated heterocycles. The predicted molar refractivity (Wildman–Crippen MR) is 117 cm³/mol. The van der Waals surface area contributed by atoms with Crippen LogP contribution in [0, 0.1) is 17.8 Å².